The minimum atomic E-state index is -0.188. The molecule has 0 bridgehead atoms. The Kier molecular flexibility index (Phi) is 3.48. The van der Waals surface area contributed by atoms with E-state index in [2.05, 4.69) is 26.9 Å². The molecule has 138 valence electrons. The van der Waals surface area contributed by atoms with Crippen LogP contribution < -0.4 is 0 Å². The Hall–Kier alpha value is -2.93. The first-order valence-corrected chi connectivity index (χ1v) is 9.27. The van der Waals surface area contributed by atoms with Gasteiger partial charge in [0.25, 0.3) is 11.8 Å². The van der Waals surface area contributed by atoms with Crippen molar-refractivity contribution in [3.8, 4) is 11.5 Å². The number of hydrogen-bond donors (Lipinski definition) is 2. The van der Waals surface area contributed by atoms with E-state index in [0.717, 1.165) is 42.7 Å². The van der Waals surface area contributed by atoms with Crippen molar-refractivity contribution >= 4 is 22.8 Å². The first-order valence-electron chi connectivity index (χ1n) is 9.27. The lowest BCUT2D eigenvalue weighted by atomic mass is 10.0. The summed E-state index contributed by atoms with van der Waals surface area (Å²) in [5.41, 5.74) is 4.41. The summed E-state index contributed by atoms with van der Waals surface area (Å²) in [6.07, 6.45) is 3.57. The topological polar surface area (TPSA) is 85.1 Å². The molecule has 4 heterocycles. The molecule has 7 nitrogen and oxygen atoms in total. The summed E-state index contributed by atoms with van der Waals surface area (Å²) in [7, 11) is 2.07. The SMILES string of the molecule is Cc1c[nH]c(-c2nc3cc4c(cc3[nH]2)C(=O)N(C2CCN(C)CC2)C4=O)c1. The maximum Gasteiger partial charge on any atom is 0.261 e. The molecule has 1 aromatic carbocycles. The van der Waals surface area contributed by atoms with Gasteiger partial charge in [-0.25, -0.2) is 4.98 Å². The lowest BCUT2D eigenvalue weighted by Crippen LogP contribution is -2.46. The van der Waals surface area contributed by atoms with Crippen molar-refractivity contribution in [1.82, 2.24) is 24.8 Å². The maximum atomic E-state index is 13.0. The molecular weight excluding hydrogens is 342 g/mol. The highest BCUT2D eigenvalue weighted by Crippen LogP contribution is 2.32. The number of rotatable bonds is 2. The summed E-state index contributed by atoms with van der Waals surface area (Å²) in [5.74, 6) is 0.332. The van der Waals surface area contributed by atoms with E-state index in [1.54, 1.807) is 12.1 Å². The molecule has 27 heavy (non-hydrogen) atoms. The van der Waals surface area contributed by atoms with Crippen molar-refractivity contribution < 1.29 is 9.59 Å². The van der Waals surface area contributed by atoms with E-state index in [1.165, 1.54) is 4.90 Å². The Morgan fingerprint density at radius 3 is 2.44 bits per heavy atom. The van der Waals surface area contributed by atoms with Crippen molar-refractivity contribution in [3.63, 3.8) is 0 Å². The van der Waals surface area contributed by atoms with Crippen LogP contribution in [0.4, 0.5) is 0 Å². The van der Waals surface area contributed by atoms with E-state index in [9.17, 15) is 9.59 Å². The molecule has 2 aromatic heterocycles. The number of nitrogens with one attached hydrogen (secondary N) is 2. The molecule has 1 fully saturated rings. The second-order valence-corrected chi connectivity index (χ2v) is 7.61. The third-order valence-corrected chi connectivity index (χ3v) is 5.66. The normalized spacial score (nSPS) is 18.7. The fraction of sp³-hybridized carbons (Fsp3) is 0.350. The molecule has 0 radical (unpaired) electrons. The fourth-order valence-electron chi connectivity index (χ4n) is 4.11. The van der Waals surface area contributed by atoms with Gasteiger partial charge in [0, 0.05) is 12.2 Å². The van der Waals surface area contributed by atoms with Gasteiger partial charge in [0.15, 0.2) is 5.82 Å². The molecule has 0 atom stereocenters. The zero-order chi connectivity index (χ0) is 18.7. The Morgan fingerprint density at radius 1 is 1.07 bits per heavy atom. The number of carbonyl (C=O) groups excluding carboxylic acids is 2. The summed E-state index contributed by atoms with van der Waals surface area (Å²) >= 11 is 0. The number of carbonyl (C=O) groups is 2. The highest BCUT2D eigenvalue weighted by molar-refractivity contribution is 6.23. The number of H-pyrrole nitrogens is 2. The Labute approximate surface area is 156 Å². The molecule has 3 aromatic rings. The monoisotopic (exact) mass is 363 g/mol. The van der Waals surface area contributed by atoms with Crippen LogP contribution in [0, 0.1) is 6.92 Å². The van der Waals surface area contributed by atoms with Crippen molar-refractivity contribution in [2.75, 3.05) is 20.1 Å². The minimum Gasteiger partial charge on any atom is -0.358 e. The van der Waals surface area contributed by atoms with Crippen LogP contribution >= 0.6 is 0 Å². The summed E-state index contributed by atoms with van der Waals surface area (Å²) in [6, 6.07) is 5.50. The smallest absolute Gasteiger partial charge is 0.261 e. The predicted molar refractivity (Wildman–Crippen MR) is 102 cm³/mol. The van der Waals surface area contributed by atoms with Gasteiger partial charge in [-0.15, -0.1) is 0 Å². The number of benzene rings is 1. The van der Waals surface area contributed by atoms with Gasteiger partial charge in [-0.1, -0.05) is 0 Å². The van der Waals surface area contributed by atoms with E-state index < -0.39 is 0 Å². The number of aromatic amines is 2. The van der Waals surface area contributed by atoms with Gasteiger partial charge in [-0.2, -0.15) is 0 Å². The van der Waals surface area contributed by atoms with E-state index in [-0.39, 0.29) is 17.9 Å². The first-order chi connectivity index (χ1) is 13.0. The van der Waals surface area contributed by atoms with E-state index in [1.807, 2.05) is 19.2 Å². The molecule has 2 N–H and O–H groups in total. The third kappa shape index (κ3) is 2.49. The van der Waals surface area contributed by atoms with Crippen molar-refractivity contribution in [3.05, 3.63) is 41.1 Å². The van der Waals surface area contributed by atoms with Crippen LogP contribution in [0.2, 0.25) is 0 Å². The van der Waals surface area contributed by atoms with Gasteiger partial charge in [0.2, 0.25) is 0 Å². The molecule has 0 aliphatic carbocycles. The highest BCUT2D eigenvalue weighted by atomic mass is 16.2. The average molecular weight is 363 g/mol. The summed E-state index contributed by atoms with van der Waals surface area (Å²) in [6.45, 7) is 3.81. The largest absolute Gasteiger partial charge is 0.358 e. The fourth-order valence-corrected chi connectivity index (χ4v) is 4.11. The van der Waals surface area contributed by atoms with Crippen LogP contribution in [0.1, 0.15) is 39.1 Å². The van der Waals surface area contributed by atoms with Gasteiger partial charge >= 0.3 is 0 Å². The number of nitrogens with zero attached hydrogens (tertiary/aromatic N) is 3. The van der Waals surface area contributed by atoms with Crippen molar-refractivity contribution in [1.29, 1.82) is 0 Å². The lowest BCUT2D eigenvalue weighted by molar-refractivity contribution is 0.0516. The van der Waals surface area contributed by atoms with Crippen LogP contribution in [0.25, 0.3) is 22.6 Å². The molecular formula is C20H21N5O2. The summed E-state index contributed by atoms with van der Waals surface area (Å²) < 4.78 is 0. The van der Waals surface area contributed by atoms with Crippen LogP contribution in [0.5, 0.6) is 0 Å². The number of hydrogen-bond acceptors (Lipinski definition) is 4. The Balaban J connectivity index is 1.52. The molecule has 2 aliphatic heterocycles. The number of piperidine rings is 1. The van der Waals surface area contributed by atoms with Gasteiger partial charge in [0.1, 0.15) is 0 Å². The second-order valence-electron chi connectivity index (χ2n) is 7.61. The zero-order valence-electron chi connectivity index (χ0n) is 15.4. The van der Waals surface area contributed by atoms with Gasteiger partial charge < -0.3 is 14.9 Å². The van der Waals surface area contributed by atoms with Crippen LogP contribution in [0.15, 0.2) is 24.4 Å². The standard InChI is InChI=1S/C20H21N5O2/c1-11-7-17(21-10-11)18-22-15-8-13-14(9-16(15)23-18)20(27)25(19(13)26)12-3-5-24(2)6-4-12/h7-10,12,21H,3-6H2,1-2H3,(H,22,23). The molecule has 1 saturated heterocycles. The molecule has 0 spiro atoms. The van der Waals surface area contributed by atoms with Crippen molar-refractivity contribution in [2.45, 2.75) is 25.8 Å². The van der Waals surface area contributed by atoms with E-state index in [0.29, 0.717) is 22.5 Å². The molecule has 5 rings (SSSR count). The number of imidazole rings is 1. The lowest BCUT2D eigenvalue weighted by Gasteiger charge is -2.33. The number of likely N-dealkylation sites (tertiary alicyclic amines) is 1. The third-order valence-electron chi connectivity index (χ3n) is 5.66. The van der Waals surface area contributed by atoms with Gasteiger partial charge in [-0.3, -0.25) is 14.5 Å². The Morgan fingerprint density at radius 2 is 1.78 bits per heavy atom. The molecule has 2 amide bonds. The molecule has 0 saturated carbocycles. The van der Waals surface area contributed by atoms with Gasteiger partial charge in [0.05, 0.1) is 27.9 Å². The second kappa shape index (κ2) is 5.79. The van der Waals surface area contributed by atoms with E-state index in [4.69, 9.17) is 0 Å². The number of aryl methyl sites for hydroxylation is 1. The summed E-state index contributed by atoms with van der Waals surface area (Å²) in [5, 5.41) is 0. The predicted octanol–water partition coefficient (Wildman–Crippen LogP) is 2.56. The van der Waals surface area contributed by atoms with Crippen LogP contribution in [-0.2, 0) is 0 Å². The zero-order valence-corrected chi connectivity index (χ0v) is 15.4. The minimum absolute atomic E-state index is 0.0163. The molecule has 2 aliphatic rings. The van der Waals surface area contributed by atoms with Crippen molar-refractivity contribution in [2.24, 2.45) is 0 Å². The maximum absolute atomic E-state index is 13.0. The highest BCUT2D eigenvalue weighted by Gasteiger charge is 2.41. The number of aromatic nitrogens is 3. The number of amides is 2. The number of imide groups is 1. The quantitative estimate of drug-likeness (QED) is 0.685. The number of fused-ring (bicyclic) bond motifs is 2. The van der Waals surface area contributed by atoms with Crippen LogP contribution in [0.3, 0.4) is 0 Å². The molecule has 7 heteroatoms. The Bertz CT molecular complexity index is 1020. The van der Waals surface area contributed by atoms with Gasteiger partial charge in [-0.05, 0) is 63.7 Å². The van der Waals surface area contributed by atoms with E-state index >= 15 is 0 Å². The summed E-state index contributed by atoms with van der Waals surface area (Å²) in [4.78, 5) is 40.6. The van der Waals surface area contributed by atoms with Crippen LogP contribution in [-0.4, -0.2) is 62.7 Å². The molecule has 0 unspecified atom stereocenters. The first kappa shape index (κ1) is 16.3. The average Bonchev–Trinajstić information content (AvgIpc) is 3.32.